The van der Waals surface area contributed by atoms with Crippen molar-refractivity contribution in [3.8, 4) is 0 Å². The minimum Gasteiger partial charge on any atom is -0.360 e. The van der Waals surface area contributed by atoms with Gasteiger partial charge in [0.15, 0.2) is 5.11 Å². The molecule has 0 aliphatic heterocycles. The van der Waals surface area contributed by atoms with Crippen molar-refractivity contribution in [3.05, 3.63) is 29.6 Å². The van der Waals surface area contributed by atoms with Crippen molar-refractivity contribution >= 4 is 23.0 Å². The van der Waals surface area contributed by atoms with Gasteiger partial charge < -0.3 is 10.6 Å². The lowest BCUT2D eigenvalue weighted by Crippen LogP contribution is -2.35. The van der Waals surface area contributed by atoms with Crippen LogP contribution in [0, 0.1) is 12.7 Å². The second kappa shape index (κ2) is 5.45. The van der Waals surface area contributed by atoms with Crippen molar-refractivity contribution in [1.29, 1.82) is 0 Å². The quantitative estimate of drug-likeness (QED) is 0.789. The number of halogens is 1. The topological polar surface area (TPSA) is 24.1 Å². The highest BCUT2D eigenvalue weighted by Crippen LogP contribution is 2.18. The number of nitrogens with one attached hydrogen (secondary N) is 2. The van der Waals surface area contributed by atoms with Crippen LogP contribution in [0.5, 0.6) is 0 Å². The van der Waals surface area contributed by atoms with Gasteiger partial charge in [0.25, 0.3) is 0 Å². The van der Waals surface area contributed by atoms with Crippen molar-refractivity contribution in [2.75, 3.05) is 5.32 Å². The summed E-state index contributed by atoms with van der Waals surface area (Å²) in [5.74, 6) is -0.240. The molecular weight excluding hydrogens is 235 g/mol. The third-order valence-electron chi connectivity index (χ3n) is 2.99. The first-order chi connectivity index (χ1) is 8.13. The van der Waals surface area contributed by atoms with Gasteiger partial charge in [-0.3, -0.25) is 0 Å². The predicted molar refractivity (Wildman–Crippen MR) is 72.7 cm³/mol. The van der Waals surface area contributed by atoms with Gasteiger partial charge in [-0.25, -0.2) is 4.39 Å². The van der Waals surface area contributed by atoms with E-state index in [9.17, 15) is 4.39 Å². The van der Waals surface area contributed by atoms with Gasteiger partial charge in [0.1, 0.15) is 5.82 Å². The summed E-state index contributed by atoms with van der Waals surface area (Å²) in [4.78, 5) is 0. The van der Waals surface area contributed by atoms with E-state index in [-0.39, 0.29) is 5.82 Å². The molecule has 0 radical (unpaired) electrons. The zero-order chi connectivity index (χ0) is 12.3. The lowest BCUT2D eigenvalue weighted by molar-refractivity contribution is 0.626. The van der Waals surface area contributed by atoms with Gasteiger partial charge in [-0.05, 0) is 55.7 Å². The Balaban J connectivity index is 1.92. The molecule has 4 heteroatoms. The summed E-state index contributed by atoms with van der Waals surface area (Å²) in [6.45, 7) is 1.86. The van der Waals surface area contributed by atoms with Crippen LogP contribution in [0.2, 0.25) is 0 Å². The summed E-state index contributed by atoms with van der Waals surface area (Å²) >= 11 is 5.21. The van der Waals surface area contributed by atoms with E-state index < -0.39 is 0 Å². The third kappa shape index (κ3) is 3.66. The summed E-state index contributed by atoms with van der Waals surface area (Å²) < 4.78 is 13.2. The van der Waals surface area contributed by atoms with Crippen LogP contribution in [0.1, 0.15) is 31.2 Å². The fourth-order valence-corrected chi connectivity index (χ4v) is 2.52. The molecule has 0 atom stereocenters. The van der Waals surface area contributed by atoms with E-state index in [1.54, 1.807) is 0 Å². The van der Waals surface area contributed by atoms with Crippen LogP contribution in [0.15, 0.2) is 18.2 Å². The molecule has 1 aliphatic rings. The van der Waals surface area contributed by atoms with E-state index in [2.05, 4.69) is 10.6 Å². The van der Waals surface area contributed by atoms with Crippen LogP contribution in [-0.4, -0.2) is 11.2 Å². The summed E-state index contributed by atoms with van der Waals surface area (Å²) in [5.41, 5.74) is 1.59. The average molecular weight is 252 g/mol. The molecule has 0 aromatic heterocycles. The fourth-order valence-electron chi connectivity index (χ4n) is 2.23. The Bertz CT molecular complexity index is 394. The number of aryl methyl sites for hydroxylation is 1. The number of benzene rings is 1. The maximum absolute atomic E-state index is 13.2. The molecule has 0 unspecified atom stereocenters. The highest BCUT2D eigenvalue weighted by atomic mass is 32.1. The minimum atomic E-state index is -0.240. The van der Waals surface area contributed by atoms with Crippen LogP contribution in [0.3, 0.4) is 0 Å². The molecule has 17 heavy (non-hydrogen) atoms. The van der Waals surface area contributed by atoms with Gasteiger partial charge in [-0.2, -0.15) is 0 Å². The number of rotatable bonds is 2. The van der Waals surface area contributed by atoms with Crippen molar-refractivity contribution < 1.29 is 4.39 Å². The first-order valence-corrected chi connectivity index (χ1v) is 6.39. The van der Waals surface area contributed by atoms with Crippen LogP contribution in [-0.2, 0) is 0 Å². The van der Waals surface area contributed by atoms with Gasteiger partial charge >= 0.3 is 0 Å². The lowest BCUT2D eigenvalue weighted by Gasteiger charge is -2.16. The Morgan fingerprint density at radius 2 is 2.00 bits per heavy atom. The smallest absolute Gasteiger partial charge is 0.170 e. The van der Waals surface area contributed by atoms with Crippen molar-refractivity contribution in [2.45, 2.75) is 38.6 Å². The Labute approximate surface area is 107 Å². The first kappa shape index (κ1) is 12.3. The van der Waals surface area contributed by atoms with E-state index in [0.29, 0.717) is 16.8 Å². The first-order valence-electron chi connectivity index (χ1n) is 5.98. The Kier molecular flexibility index (Phi) is 3.94. The van der Waals surface area contributed by atoms with E-state index >= 15 is 0 Å². The molecule has 1 fully saturated rings. The second-order valence-electron chi connectivity index (χ2n) is 4.60. The second-order valence-corrected chi connectivity index (χ2v) is 5.01. The zero-order valence-corrected chi connectivity index (χ0v) is 10.7. The van der Waals surface area contributed by atoms with Crippen LogP contribution >= 0.6 is 12.2 Å². The van der Waals surface area contributed by atoms with Crippen molar-refractivity contribution in [2.24, 2.45) is 0 Å². The Morgan fingerprint density at radius 3 is 2.65 bits per heavy atom. The zero-order valence-electron chi connectivity index (χ0n) is 9.92. The maximum Gasteiger partial charge on any atom is 0.170 e. The molecule has 0 bridgehead atoms. The van der Waals surface area contributed by atoms with Gasteiger partial charge in [0, 0.05) is 11.7 Å². The Morgan fingerprint density at radius 1 is 1.29 bits per heavy atom. The summed E-state index contributed by atoms with van der Waals surface area (Å²) in [6.07, 6.45) is 4.87. The molecule has 1 aromatic carbocycles. The third-order valence-corrected chi connectivity index (χ3v) is 3.21. The number of hydrogen-bond donors (Lipinski definition) is 2. The number of thiocarbonyl (C=S) groups is 1. The molecule has 0 saturated heterocycles. The normalized spacial score (nSPS) is 15.9. The fraction of sp³-hybridized carbons (Fsp3) is 0.462. The van der Waals surface area contributed by atoms with Gasteiger partial charge in [0.05, 0.1) is 0 Å². The molecular formula is C13H17FN2S. The van der Waals surface area contributed by atoms with Gasteiger partial charge in [0.2, 0.25) is 0 Å². The van der Waals surface area contributed by atoms with E-state index in [4.69, 9.17) is 12.2 Å². The molecule has 1 aliphatic carbocycles. The lowest BCUT2D eigenvalue weighted by atomic mass is 10.2. The summed E-state index contributed by atoms with van der Waals surface area (Å²) in [7, 11) is 0. The van der Waals surface area contributed by atoms with E-state index in [1.807, 2.05) is 13.0 Å². The van der Waals surface area contributed by atoms with Crippen LogP contribution in [0.25, 0.3) is 0 Å². The van der Waals surface area contributed by atoms with Gasteiger partial charge in [-0.1, -0.05) is 12.8 Å². The molecule has 0 amide bonds. The van der Waals surface area contributed by atoms with Crippen LogP contribution < -0.4 is 10.6 Å². The van der Waals surface area contributed by atoms with Gasteiger partial charge in [-0.15, -0.1) is 0 Å². The minimum absolute atomic E-state index is 0.240. The molecule has 1 saturated carbocycles. The molecule has 2 N–H and O–H groups in total. The molecule has 2 nitrogen and oxygen atoms in total. The van der Waals surface area contributed by atoms with E-state index in [1.165, 1.54) is 37.8 Å². The largest absolute Gasteiger partial charge is 0.360 e. The monoisotopic (exact) mass is 252 g/mol. The highest BCUT2D eigenvalue weighted by Gasteiger charge is 2.15. The molecule has 1 aromatic rings. The van der Waals surface area contributed by atoms with Crippen LogP contribution in [0.4, 0.5) is 10.1 Å². The molecule has 0 spiro atoms. The van der Waals surface area contributed by atoms with E-state index in [0.717, 1.165) is 5.56 Å². The van der Waals surface area contributed by atoms with Crippen molar-refractivity contribution in [1.82, 2.24) is 5.32 Å². The average Bonchev–Trinajstić information content (AvgIpc) is 2.67. The Hall–Kier alpha value is -1.16. The highest BCUT2D eigenvalue weighted by molar-refractivity contribution is 7.80. The van der Waals surface area contributed by atoms with Crippen molar-refractivity contribution in [3.63, 3.8) is 0 Å². The standard InChI is InChI=1S/C13H17FN2S/c1-9-6-10(14)8-12(7-9)16-13(17)15-11-4-2-3-5-11/h6-8,11H,2-5H2,1H3,(H2,15,16,17). The molecule has 2 rings (SSSR count). The maximum atomic E-state index is 13.2. The molecule has 92 valence electrons. The molecule has 0 heterocycles. The number of anilines is 1. The summed E-state index contributed by atoms with van der Waals surface area (Å²) in [6, 6.07) is 5.31. The predicted octanol–water partition coefficient (Wildman–Crippen LogP) is 3.36. The number of hydrogen-bond acceptors (Lipinski definition) is 1. The SMILES string of the molecule is Cc1cc(F)cc(NC(=S)NC2CCCC2)c1. The summed E-state index contributed by atoms with van der Waals surface area (Å²) in [5, 5.41) is 6.88.